The third kappa shape index (κ3) is 1.63. The second kappa shape index (κ2) is 3.96. The minimum atomic E-state index is -0.159. The van der Waals surface area contributed by atoms with Gasteiger partial charge in [0.05, 0.1) is 12.0 Å². The summed E-state index contributed by atoms with van der Waals surface area (Å²) in [7, 11) is 0. The second-order valence-electron chi connectivity index (χ2n) is 7.09. The van der Waals surface area contributed by atoms with Crippen LogP contribution in [0.25, 0.3) is 0 Å². The molecule has 0 radical (unpaired) electrons. The van der Waals surface area contributed by atoms with Crippen LogP contribution in [-0.2, 0) is 9.53 Å². The molecule has 2 saturated carbocycles. The summed E-state index contributed by atoms with van der Waals surface area (Å²) in [5.74, 6) is 1.31. The second-order valence-corrected chi connectivity index (χ2v) is 7.09. The molecule has 18 heavy (non-hydrogen) atoms. The van der Waals surface area contributed by atoms with Gasteiger partial charge in [0.15, 0.2) is 0 Å². The van der Waals surface area contributed by atoms with E-state index in [9.17, 15) is 9.90 Å². The highest BCUT2D eigenvalue weighted by molar-refractivity contribution is 5.74. The number of rotatable bonds is 0. The van der Waals surface area contributed by atoms with Crippen LogP contribution in [0, 0.1) is 29.1 Å². The monoisotopic (exact) mass is 252 g/mol. The number of aliphatic hydroxyl groups excluding tert-OH is 1. The van der Waals surface area contributed by atoms with Gasteiger partial charge in [-0.2, -0.15) is 0 Å². The van der Waals surface area contributed by atoms with Crippen LogP contribution in [0.15, 0.2) is 0 Å². The summed E-state index contributed by atoms with van der Waals surface area (Å²) in [5, 5.41) is 10.1. The molecule has 2 aliphatic carbocycles. The average molecular weight is 252 g/mol. The van der Waals surface area contributed by atoms with E-state index in [4.69, 9.17) is 4.74 Å². The van der Waals surface area contributed by atoms with Gasteiger partial charge < -0.3 is 9.84 Å². The van der Waals surface area contributed by atoms with Crippen molar-refractivity contribution in [1.29, 1.82) is 0 Å². The molecule has 3 nitrogen and oxygen atoms in total. The number of fused-ring (bicyclic) bond motifs is 2. The Balaban J connectivity index is 1.86. The first-order valence-corrected chi connectivity index (χ1v) is 7.31. The molecule has 0 spiro atoms. The zero-order valence-corrected chi connectivity index (χ0v) is 11.6. The van der Waals surface area contributed by atoms with Crippen LogP contribution < -0.4 is 0 Å². The van der Waals surface area contributed by atoms with Gasteiger partial charge in [-0.3, -0.25) is 4.79 Å². The van der Waals surface area contributed by atoms with Gasteiger partial charge in [-0.25, -0.2) is 0 Å². The highest BCUT2D eigenvalue weighted by Crippen LogP contribution is 2.57. The summed E-state index contributed by atoms with van der Waals surface area (Å²) in [4.78, 5) is 11.7. The number of hydrogen-bond acceptors (Lipinski definition) is 3. The van der Waals surface area contributed by atoms with Gasteiger partial charge in [0, 0.05) is 5.92 Å². The van der Waals surface area contributed by atoms with Crippen molar-refractivity contribution < 1.29 is 14.6 Å². The maximum atomic E-state index is 11.7. The van der Waals surface area contributed by atoms with Gasteiger partial charge in [0.25, 0.3) is 0 Å². The molecule has 0 amide bonds. The Hall–Kier alpha value is -0.570. The highest BCUT2D eigenvalue weighted by Gasteiger charge is 2.55. The lowest BCUT2D eigenvalue weighted by Gasteiger charge is -2.53. The Morgan fingerprint density at radius 3 is 2.83 bits per heavy atom. The average Bonchev–Trinajstić information content (AvgIpc) is 2.58. The van der Waals surface area contributed by atoms with Crippen LogP contribution in [0.3, 0.4) is 0 Å². The number of carbonyl (C=O) groups is 1. The number of ether oxygens (including phenoxy) is 1. The lowest BCUT2D eigenvalue weighted by Crippen LogP contribution is -2.50. The zero-order valence-electron chi connectivity index (χ0n) is 11.6. The number of aliphatic hydroxyl groups is 1. The van der Waals surface area contributed by atoms with Gasteiger partial charge in [0.1, 0.15) is 6.10 Å². The van der Waals surface area contributed by atoms with Crippen LogP contribution in [-0.4, -0.2) is 23.3 Å². The Bertz CT molecular complexity index is 367. The lowest BCUT2D eigenvalue weighted by molar-refractivity contribution is -0.148. The molecule has 0 unspecified atom stereocenters. The molecule has 3 aliphatic rings. The lowest BCUT2D eigenvalue weighted by atomic mass is 9.53. The van der Waals surface area contributed by atoms with Crippen molar-refractivity contribution >= 4 is 5.97 Å². The van der Waals surface area contributed by atoms with Crippen molar-refractivity contribution in [2.75, 3.05) is 0 Å². The van der Waals surface area contributed by atoms with Crippen molar-refractivity contribution in [3.63, 3.8) is 0 Å². The van der Waals surface area contributed by atoms with Crippen molar-refractivity contribution in [1.82, 2.24) is 0 Å². The molecule has 0 aromatic rings. The van der Waals surface area contributed by atoms with E-state index < -0.39 is 0 Å². The number of carbonyl (C=O) groups excluding carboxylic acids is 1. The van der Waals surface area contributed by atoms with Crippen molar-refractivity contribution in [3.8, 4) is 0 Å². The summed E-state index contributed by atoms with van der Waals surface area (Å²) in [6, 6.07) is 0. The predicted octanol–water partition coefficient (Wildman–Crippen LogP) is 2.37. The molecule has 3 fully saturated rings. The molecule has 1 aliphatic heterocycles. The molecular formula is C15H24O3. The molecule has 1 N–H and O–H groups in total. The largest absolute Gasteiger partial charge is 0.462 e. The van der Waals surface area contributed by atoms with E-state index in [0.717, 1.165) is 25.7 Å². The fraction of sp³-hybridized carbons (Fsp3) is 0.933. The van der Waals surface area contributed by atoms with E-state index in [-0.39, 0.29) is 29.5 Å². The summed E-state index contributed by atoms with van der Waals surface area (Å²) in [5.41, 5.74) is 0.254. The van der Waals surface area contributed by atoms with Crippen molar-refractivity contribution in [3.05, 3.63) is 0 Å². The molecular weight excluding hydrogens is 228 g/mol. The fourth-order valence-electron chi connectivity index (χ4n) is 4.72. The third-order valence-corrected chi connectivity index (χ3v) is 6.10. The van der Waals surface area contributed by atoms with E-state index in [0.29, 0.717) is 17.8 Å². The van der Waals surface area contributed by atoms with Crippen LogP contribution in [0.4, 0.5) is 0 Å². The van der Waals surface area contributed by atoms with Crippen LogP contribution in [0.5, 0.6) is 0 Å². The summed E-state index contributed by atoms with van der Waals surface area (Å²) in [6.45, 7) is 6.50. The van der Waals surface area contributed by atoms with Crippen molar-refractivity contribution in [2.45, 2.75) is 58.7 Å². The minimum Gasteiger partial charge on any atom is -0.462 e. The predicted molar refractivity (Wildman–Crippen MR) is 67.8 cm³/mol. The van der Waals surface area contributed by atoms with E-state index in [1.165, 1.54) is 0 Å². The van der Waals surface area contributed by atoms with E-state index in [1.807, 2.05) is 6.92 Å². The molecule has 0 bridgehead atoms. The molecule has 0 aromatic heterocycles. The van der Waals surface area contributed by atoms with E-state index >= 15 is 0 Å². The van der Waals surface area contributed by atoms with Crippen LogP contribution in [0.2, 0.25) is 0 Å². The van der Waals surface area contributed by atoms with Gasteiger partial charge in [0.2, 0.25) is 0 Å². The van der Waals surface area contributed by atoms with Gasteiger partial charge in [-0.15, -0.1) is 0 Å². The Morgan fingerprint density at radius 2 is 2.11 bits per heavy atom. The topological polar surface area (TPSA) is 46.5 Å². The highest BCUT2D eigenvalue weighted by atomic mass is 16.6. The van der Waals surface area contributed by atoms with Gasteiger partial charge in [-0.05, 0) is 42.9 Å². The normalized spacial score (nSPS) is 55.7. The number of hydrogen-bond donors (Lipinski definition) is 1. The van der Waals surface area contributed by atoms with Gasteiger partial charge >= 0.3 is 5.97 Å². The smallest absolute Gasteiger partial charge is 0.309 e. The van der Waals surface area contributed by atoms with Crippen LogP contribution >= 0.6 is 0 Å². The molecule has 3 rings (SSSR count). The maximum absolute atomic E-state index is 11.7. The Labute approximate surface area is 109 Å². The molecule has 3 heteroatoms. The van der Waals surface area contributed by atoms with E-state index in [1.54, 1.807) is 0 Å². The SMILES string of the molecule is C[C@@H]1[C@@H](O)CC[C@]2(C)C[C@@H]3OC(=O)[C@@H](C)[C@H]3C[C@@H]12. The maximum Gasteiger partial charge on any atom is 0.309 e. The molecule has 1 saturated heterocycles. The fourth-order valence-corrected chi connectivity index (χ4v) is 4.72. The Kier molecular flexibility index (Phi) is 2.74. The zero-order chi connectivity index (χ0) is 13.1. The van der Waals surface area contributed by atoms with Crippen LogP contribution in [0.1, 0.15) is 46.5 Å². The van der Waals surface area contributed by atoms with Gasteiger partial charge in [-0.1, -0.05) is 20.8 Å². The van der Waals surface area contributed by atoms with E-state index in [2.05, 4.69) is 13.8 Å². The number of esters is 1. The molecule has 1 heterocycles. The Morgan fingerprint density at radius 1 is 1.39 bits per heavy atom. The first kappa shape index (κ1) is 12.5. The quantitative estimate of drug-likeness (QED) is 0.673. The third-order valence-electron chi connectivity index (χ3n) is 6.10. The molecule has 7 atom stereocenters. The molecule has 0 aromatic carbocycles. The summed E-state index contributed by atoms with van der Waals surface area (Å²) in [6.07, 6.45) is 3.99. The molecule has 102 valence electrons. The van der Waals surface area contributed by atoms with Crippen molar-refractivity contribution in [2.24, 2.45) is 29.1 Å². The first-order valence-electron chi connectivity index (χ1n) is 7.31. The first-order chi connectivity index (χ1) is 8.42. The standard InChI is InChI=1S/C15H24O3/c1-8-10-6-11-9(2)12(16)4-5-15(11,3)7-13(10)18-14(8)17/h8-13,16H,4-7H2,1-3H3/t8-,9-,10+,11-,12-,13-,15+/m0/s1. The summed E-state index contributed by atoms with van der Waals surface area (Å²) < 4.78 is 5.55. The minimum absolute atomic E-state index is 0.0135. The summed E-state index contributed by atoms with van der Waals surface area (Å²) >= 11 is 0.